The van der Waals surface area contributed by atoms with E-state index >= 15 is 0 Å². The molecule has 1 aromatic carbocycles. The summed E-state index contributed by atoms with van der Waals surface area (Å²) < 4.78 is 16.2. The Labute approximate surface area is 163 Å². The van der Waals surface area contributed by atoms with E-state index in [4.69, 9.17) is 13.9 Å². The average molecular weight is 386 g/mol. The number of rotatable bonds is 5. The van der Waals surface area contributed by atoms with Crippen molar-refractivity contribution in [3.8, 4) is 0 Å². The van der Waals surface area contributed by atoms with Gasteiger partial charge in [-0.25, -0.2) is 4.79 Å². The number of aryl methyl sites for hydroxylation is 1. The van der Waals surface area contributed by atoms with Crippen molar-refractivity contribution in [3.63, 3.8) is 0 Å². The van der Waals surface area contributed by atoms with Crippen molar-refractivity contribution >= 4 is 16.9 Å². The summed E-state index contributed by atoms with van der Waals surface area (Å²) in [6.07, 6.45) is 0.995. The van der Waals surface area contributed by atoms with Gasteiger partial charge in [0.1, 0.15) is 5.58 Å². The highest BCUT2D eigenvalue weighted by Gasteiger charge is 2.23. The van der Waals surface area contributed by atoms with Crippen LogP contribution in [0, 0.1) is 6.92 Å². The van der Waals surface area contributed by atoms with Gasteiger partial charge in [0.2, 0.25) is 5.91 Å². The number of fused-ring (bicyclic) bond motifs is 1. The summed E-state index contributed by atoms with van der Waals surface area (Å²) in [4.78, 5) is 28.9. The Morgan fingerprint density at radius 3 is 2.61 bits per heavy atom. The molecule has 0 aliphatic carbocycles. The minimum Gasteiger partial charge on any atom is -0.423 e. The fourth-order valence-corrected chi connectivity index (χ4v) is 3.84. The number of carbonyl (C=O) groups is 1. The molecule has 2 saturated heterocycles. The average Bonchev–Trinajstić information content (AvgIpc) is 3.20. The monoisotopic (exact) mass is 386 g/mol. The van der Waals surface area contributed by atoms with Gasteiger partial charge in [-0.2, -0.15) is 0 Å². The smallest absolute Gasteiger partial charge is 0.336 e. The molecule has 2 aromatic rings. The molecule has 7 nitrogen and oxygen atoms in total. The number of piperazine rings is 1. The first-order chi connectivity index (χ1) is 13.6. The molecule has 28 heavy (non-hydrogen) atoms. The molecule has 2 aliphatic heterocycles. The van der Waals surface area contributed by atoms with Crippen LogP contribution in [-0.4, -0.2) is 67.9 Å². The predicted molar refractivity (Wildman–Crippen MR) is 104 cm³/mol. The SMILES string of the molecule is Cc1ccc2c(CC(=O)N3CCN(CCC4OCCO4)CC3)cc(=O)oc2c1. The van der Waals surface area contributed by atoms with Crippen LogP contribution in [-0.2, 0) is 20.7 Å². The maximum atomic E-state index is 12.8. The fourth-order valence-electron chi connectivity index (χ4n) is 3.84. The van der Waals surface area contributed by atoms with Gasteiger partial charge in [-0.3, -0.25) is 9.69 Å². The highest BCUT2D eigenvalue weighted by Crippen LogP contribution is 2.20. The molecular formula is C21H26N2O5. The molecule has 1 amide bonds. The van der Waals surface area contributed by atoms with Crippen molar-refractivity contribution in [1.82, 2.24) is 9.80 Å². The normalized spacial score (nSPS) is 18.8. The van der Waals surface area contributed by atoms with Gasteiger partial charge in [-0.05, 0) is 24.1 Å². The van der Waals surface area contributed by atoms with Crippen LogP contribution in [0.1, 0.15) is 17.5 Å². The number of hydrogen-bond donors (Lipinski definition) is 0. The summed E-state index contributed by atoms with van der Waals surface area (Å²) in [5.41, 5.74) is 1.87. The summed E-state index contributed by atoms with van der Waals surface area (Å²) in [6, 6.07) is 7.16. The third kappa shape index (κ3) is 4.43. The molecule has 0 spiro atoms. The van der Waals surface area contributed by atoms with Crippen LogP contribution in [0.3, 0.4) is 0 Å². The summed E-state index contributed by atoms with van der Waals surface area (Å²) in [6.45, 7) is 7.30. The number of nitrogens with zero attached hydrogens (tertiary/aromatic N) is 2. The van der Waals surface area contributed by atoms with Gasteiger partial charge in [-0.15, -0.1) is 0 Å². The molecule has 1 aromatic heterocycles. The summed E-state index contributed by atoms with van der Waals surface area (Å²) in [5, 5.41) is 0.828. The summed E-state index contributed by atoms with van der Waals surface area (Å²) in [5.74, 6) is 0.0505. The second kappa shape index (κ2) is 8.43. The van der Waals surface area contributed by atoms with Gasteiger partial charge in [-0.1, -0.05) is 12.1 Å². The van der Waals surface area contributed by atoms with Crippen molar-refractivity contribution in [1.29, 1.82) is 0 Å². The molecule has 0 radical (unpaired) electrons. The zero-order chi connectivity index (χ0) is 19.5. The molecular weight excluding hydrogens is 360 g/mol. The van der Waals surface area contributed by atoms with Gasteiger partial charge in [0.25, 0.3) is 0 Å². The maximum absolute atomic E-state index is 12.8. The molecule has 4 rings (SSSR count). The Balaban J connectivity index is 1.34. The van der Waals surface area contributed by atoms with Crippen LogP contribution in [0.2, 0.25) is 0 Å². The van der Waals surface area contributed by atoms with Crippen molar-refractivity contribution in [3.05, 3.63) is 45.8 Å². The quantitative estimate of drug-likeness (QED) is 0.726. The zero-order valence-electron chi connectivity index (χ0n) is 16.2. The molecule has 0 N–H and O–H groups in total. The minimum atomic E-state index is -0.415. The molecule has 0 unspecified atom stereocenters. The van der Waals surface area contributed by atoms with E-state index in [-0.39, 0.29) is 18.6 Å². The van der Waals surface area contributed by atoms with Crippen LogP contribution in [0.4, 0.5) is 0 Å². The lowest BCUT2D eigenvalue weighted by Gasteiger charge is -2.35. The Bertz CT molecular complexity index is 895. The van der Waals surface area contributed by atoms with Crippen molar-refractivity contribution in [2.24, 2.45) is 0 Å². The molecule has 2 fully saturated rings. The van der Waals surface area contributed by atoms with E-state index < -0.39 is 5.63 Å². The van der Waals surface area contributed by atoms with E-state index in [0.29, 0.717) is 31.9 Å². The number of hydrogen-bond acceptors (Lipinski definition) is 6. The van der Waals surface area contributed by atoms with E-state index in [2.05, 4.69) is 4.90 Å². The van der Waals surface area contributed by atoms with E-state index in [0.717, 1.165) is 42.6 Å². The molecule has 0 atom stereocenters. The van der Waals surface area contributed by atoms with Crippen LogP contribution >= 0.6 is 0 Å². The van der Waals surface area contributed by atoms with E-state index in [1.54, 1.807) is 0 Å². The Kier molecular flexibility index (Phi) is 5.75. The Hall–Kier alpha value is -2.22. The van der Waals surface area contributed by atoms with Crippen LogP contribution in [0.5, 0.6) is 0 Å². The first-order valence-electron chi connectivity index (χ1n) is 9.85. The molecule has 0 bridgehead atoms. The molecule has 7 heteroatoms. The number of carbonyl (C=O) groups excluding carboxylic acids is 1. The summed E-state index contributed by atoms with van der Waals surface area (Å²) in [7, 11) is 0. The number of amides is 1. The maximum Gasteiger partial charge on any atom is 0.336 e. The third-order valence-corrected chi connectivity index (χ3v) is 5.42. The van der Waals surface area contributed by atoms with Crippen molar-refractivity contribution in [2.45, 2.75) is 26.1 Å². The number of benzene rings is 1. The Morgan fingerprint density at radius 1 is 1.11 bits per heavy atom. The lowest BCUT2D eigenvalue weighted by molar-refractivity contribution is -0.132. The molecule has 2 aliphatic rings. The van der Waals surface area contributed by atoms with Crippen LogP contribution in [0.15, 0.2) is 33.5 Å². The van der Waals surface area contributed by atoms with Gasteiger partial charge < -0.3 is 18.8 Å². The van der Waals surface area contributed by atoms with Gasteiger partial charge >= 0.3 is 5.63 Å². The minimum absolute atomic E-state index is 0.0505. The largest absolute Gasteiger partial charge is 0.423 e. The molecule has 150 valence electrons. The lowest BCUT2D eigenvalue weighted by atomic mass is 10.0. The second-order valence-corrected chi connectivity index (χ2v) is 7.45. The Morgan fingerprint density at radius 2 is 1.86 bits per heavy atom. The highest BCUT2D eigenvalue weighted by atomic mass is 16.7. The highest BCUT2D eigenvalue weighted by molar-refractivity contribution is 5.87. The van der Waals surface area contributed by atoms with Gasteiger partial charge in [0.15, 0.2) is 6.29 Å². The molecule has 0 saturated carbocycles. The van der Waals surface area contributed by atoms with Gasteiger partial charge in [0, 0.05) is 50.6 Å². The second-order valence-electron chi connectivity index (χ2n) is 7.45. The topological polar surface area (TPSA) is 72.2 Å². The lowest BCUT2D eigenvalue weighted by Crippen LogP contribution is -2.49. The van der Waals surface area contributed by atoms with Crippen LogP contribution in [0.25, 0.3) is 11.0 Å². The van der Waals surface area contributed by atoms with E-state index in [9.17, 15) is 9.59 Å². The molecule has 3 heterocycles. The predicted octanol–water partition coefficient (Wildman–Crippen LogP) is 1.55. The first kappa shape index (κ1) is 19.1. The van der Waals surface area contributed by atoms with E-state index in [1.165, 1.54) is 6.07 Å². The first-order valence-corrected chi connectivity index (χ1v) is 9.85. The van der Waals surface area contributed by atoms with Crippen molar-refractivity contribution in [2.75, 3.05) is 45.9 Å². The third-order valence-electron chi connectivity index (χ3n) is 5.42. The standard InChI is InChI=1S/C21H26N2O5/c1-15-2-3-17-16(14-20(25)28-18(17)12-15)13-19(24)23-8-6-22(7-9-23)5-4-21-26-10-11-27-21/h2-3,12,14,21H,4-11,13H2,1H3. The van der Waals surface area contributed by atoms with Crippen molar-refractivity contribution < 1.29 is 18.7 Å². The fraction of sp³-hybridized carbons (Fsp3) is 0.524. The number of ether oxygens (including phenoxy) is 2. The zero-order valence-corrected chi connectivity index (χ0v) is 16.2. The van der Waals surface area contributed by atoms with Crippen LogP contribution < -0.4 is 5.63 Å². The van der Waals surface area contributed by atoms with Gasteiger partial charge in [0.05, 0.1) is 19.6 Å². The summed E-state index contributed by atoms with van der Waals surface area (Å²) >= 11 is 0. The van der Waals surface area contributed by atoms with E-state index in [1.807, 2.05) is 30.0 Å².